The molecule has 0 radical (unpaired) electrons. The maximum Gasteiger partial charge on any atom is 0.0659 e. The molecule has 4 nitrogen and oxygen atoms in total. The van der Waals surface area contributed by atoms with Crippen LogP contribution < -0.4 is 5.73 Å². The van der Waals surface area contributed by atoms with Gasteiger partial charge in [0.15, 0.2) is 0 Å². The quantitative estimate of drug-likeness (QED) is 0.579. The summed E-state index contributed by atoms with van der Waals surface area (Å²) in [4.78, 5) is 2.25. The molecule has 0 bridgehead atoms. The molecule has 4 heteroatoms. The molecule has 0 aliphatic carbocycles. The van der Waals surface area contributed by atoms with E-state index in [1.165, 1.54) is 0 Å². The average molecular weight is 218 g/mol. The second-order valence-electron chi connectivity index (χ2n) is 4.11. The van der Waals surface area contributed by atoms with Gasteiger partial charge < -0.3 is 15.2 Å². The lowest BCUT2D eigenvalue weighted by Gasteiger charge is -2.37. The Hall–Kier alpha value is -0.160. The van der Waals surface area contributed by atoms with Gasteiger partial charge in [0, 0.05) is 33.4 Å². The van der Waals surface area contributed by atoms with Crippen molar-refractivity contribution in [1.29, 1.82) is 0 Å². The van der Waals surface area contributed by atoms with E-state index in [9.17, 15) is 0 Å². The van der Waals surface area contributed by atoms with Crippen molar-refractivity contribution in [2.24, 2.45) is 5.73 Å². The standard InChI is InChI=1S/C11H26N2O2/c1-5-15-10-11(2,9-12)13(3)7-6-8-14-4/h5-10,12H2,1-4H3. The fourth-order valence-corrected chi connectivity index (χ4v) is 1.36. The molecule has 0 amide bonds. The summed E-state index contributed by atoms with van der Waals surface area (Å²) in [5.41, 5.74) is 5.73. The molecular formula is C11H26N2O2. The van der Waals surface area contributed by atoms with Gasteiger partial charge in [-0.1, -0.05) is 0 Å². The number of hydrogen-bond acceptors (Lipinski definition) is 4. The van der Waals surface area contributed by atoms with Crippen molar-refractivity contribution in [2.75, 3.05) is 47.1 Å². The average Bonchev–Trinajstić information content (AvgIpc) is 2.26. The van der Waals surface area contributed by atoms with E-state index >= 15 is 0 Å². The highest BCUT2D eigenvalue weighted by Gasteiger charge is 2.27. The molecule has 92 valence electrons. The molecule has 0 saturated carbocycles. The van der Waals surface area contributed by atoms with Crippen molar-refractivity contribution >= 4 is 0 Å². The monoisotopic (exact) mass is 218 g/mol. The van der Waals surface area contributed by atoms with Crippen molar-refractivity contribution in [2.45, 2.75) is 25.8 Å². The first-order chi connectivity index (χ1) is 7.10. The molecule has 0 rings (SSSR count). The van der Waals surface area contributed by atoms with Crippen molar-refractivity contribution < 1.29 is 9.47 Å². The molecule has 0 aliphatic heterocycles. The Balaban J connectivity index is 3.99. The molecule has 0 aliphatic rings. The first kappa shape index (κ1) is 14.8. The van der Waals surface area contributed by atoms with Crippen LogP contribution in [-0.2, 0) is 9.47 Å². The molecule has 0 fully saturated rings. The summed E-state index contributed by atoms with van der Waals surface area (Å²) in [6.45, 7) is 7.94. The molecule has 15 heavy (non-hydrogen) atoms. The summed E-state index contributed by atoms with van der Waals surface area (Å²) in [5, 5.41) is 0. The van der Waals surface area contributed by atoms with Gasteiger partial charge in [-0.2, -0.15) is 0 Å². The molecule has 0 heterocycles. The fraction of sp³-hybridized carbons (Fsp3) is 1.00. The van der Waals surface area contributed by atoms with Crippen LogP contribution in [0.15, 0.2) is 0 Å². The minimum absolute atomic E-state index is 0.0657. The third-order valence-electron chi connectivity index (χ3n) is 2.82. The molecule has 1 atom stereocenters. The number of methoxy groups -OCH3 is 1. The lowest BCUT2D eigenvalue weighted by Crippen LogP contribution is -2.53. The minimum atomic E-state index is -0.0657. The first-order valence-electron chi connectivity index (χ1n) is 5.58. The third kappa shape index (κ3) is 5.47. The smallest absolute Gasteiger partial charge is 0.0659 e. The summed E-state index contributed by atoms with van der Waals surface area (Å²) in [5.74, 6) is 0. The van der Waals surface area contributed by atoms with Crippen LogP contribution in [0, 0.1) is 0 Å². The molecular weight excluding hydrogens is 192 g/mol. The zero-order valence-electron chi connectivity index (χ0n) is 10.6. The molecule has 0 aromatic carbocycles. The number of rotatable bonds is 9. The Morgan fingerprint density at radius 2 is 2.07 bits per heavy atom. The molecule has 0 aromatic heterocycles. The van der Waals surface area contributed by atoms with E-state index in [-0.39, 0.29) is 5.54 Å². The zero-order valence-corrected chi connectivity index (χ0v) is 10.6. The third-order valence-corrected chi connectivity index (χ3v) is 2.82. The van der Waals surface area contributed by atoms with E-state index in [2.05, 4.69) is 18.9 Å². The van der Waals surface area contributed by atoms with Crippen LogP contribution in [0.2, 0.25) is 0 Å². The van der Waals surface area contributed by atoms with Crippen molar-refractivity contribution in [3.05, 3.63) is 0 Å². The van der Waals surface area contributed by atoms with Crippen molar-refractivity contribution in [1.82, 2.24) is 4.90 Å². The van der Waals surface area contributed by atoms with Gasteiger partial charge in [0.05, 0.1) is 12.1 Å². The van der Waals surface area contributed by atoms with E-state index in [1.807, 2.05) is 6.92 Å². The van der Waals surface area contributed by atoms with Crippen LogP contribution in [0.5, 0.6) is 0 Å². The Bertz CT molecular complexity index is 156. The number of nitrogens with two attached hydrogens (primary N) is 1. The minimum Gasteiger partial charge on any atom is -0.385 e. The molecule has 1 unspecified atom stereocenters. The van der Waals surface area contributed by atoms with Crippen LogP contribution in [-0.4, -0.2) is 57.5 Å². The van der Waals surface area contributed by atoms with Crippen LogP contribution in [0.25, 0.3) is 0 Å². The van der Waals surface area contributed by atoms with Crippen molar-refractivity contribution in [3.8, 4) is 0 Å². The summed E-state index contributed by atoms with van der Waals surface area (Å²) in [7, 11) is 3.81. The van der Waals surface area contributed by atoms with Crippen LogP contribution in [0.4, 0.5) is 0 Å². The highest BCUT2D eigenvalue weighted by atomic mass is 16.5. The Kier molecular flexibility index (Phi) is 7.96. The SMILES string of the molecule is CCOCC(C)(CN)N(C)CCCOC. The molecule has 0 spiro atoms. The topological polar surface area (TPSA) is 47.7 Å². The second kappa shape index (κ2) is 8.05. The highest BCUT2D eigenvalue weighted by Crippen LogP contribution is 2.12. The van der Waals surface area contributed by atoms with Gasteiger partial charge in [0.25, 0.3) is 0 Å². The summed E-state index contributed by atoms with van der Waals surface area (Å²) in [6, 6.07) is 0. The largest absolute Gasteiger partial charge is 0.385 e. The lowest BCUT2D eigenvalue weighted by atomic mass is 10.0. The summed E-state index contributed by atoms with van der Waals surface area (Å²) < 4.78 is 10.5. The Morgan fingerprint density at radius 3 is 2.53 bits per heavy atom. The van der Waals surface area contributed by atoms with Crippen molar-refractivity contribution in [3.63, 3.8) is 0 Å². The predicted molar refractivity (Wildman–Crippen MR) is 63.1 cm³/mol. The van der Waals surface area contributed by atoms with Gasteiger partial charge in [0.2, 0.25) is 0 Å². The van der Waals surface area contributed by atoms with Gasteiger partial charge in [-0.05, 0) is 27.3 Å². The van der Waals surface area contributed by atoms with E-state index in [1.54, 1.807) is 7.11 Å². The zero-order chi connectivity index (χ0) is 11.7. The van der Waals surface area contributed by atoms with Gasteiger partial charge >= 0.3 is 0 Å². The van der Waals surface area contributed by atoms with Crippen LogP contribution >= 0.6 is 0 Å². The van der Waals surface area contributed by atoms with Gasteiger partial charge in [-0.25, -0.2) is 0 Å². The molecule has 2 N–H and O–H groups in total. The van der Waals surface area contributed by atoms with Gasteiger partial charge in [-0.3, -0.25) is 4.90 Å². The highest BCUT2D eigenvalue weighted by molar-refractivity contribution is 4.85. The number of likely N-dealkylation sites (N-methyl/N-ethyl adjacent to an activating group) is 1. The maximum absolute atomic E-state index is 5.80. The number of hydrogen-bond donors (Lipinski definition) is 1. The van der Waals surface area contributed by atoms with Crippen LogP contribution in [0.3, 0.4) is 0 Å². The van der Waals surface area contributed by atoms with E-state index < -0.39 is 0 Å². The van der Waals surface area contributed by atoms with E-state index in [4.69, 9.17) is 15.2 Å². The summed E-state index contributed by atoms with van der Waals surface area (Å²) in [6.07, 6.45) is 1.02. The first-order valence-corrected chi connectivity index (χ1v) is 5.58. The maximum atomic E-state index is 5.80. The molecule has 0 saturated heterocycles. The van der Waals surface area contributed by atoms with Crippen LogP contribution in [0.1, 0.15) is 20.3 Å². The second-order valence-corrected chi connectivity index (χ2v) is 4.11. The van der Waals surface area contributed by atoms with E-state index in [0.717, 1.165) is 26.2 Å². The summed E-state index contributed by atoms with van der Waals surface area (Å²) >= 11 is 0. The predicted octanol–water partition coefficient (Wildman–Crippen LogP) is 0.709. The molecule has 0 aromatic rings. The lowest BCUT2D eigenvalue weighted by molar-refractivity contribution is 0.0205. The number of nitrogens with zero attached hydrogens (tertiary/aromatic N) is 1. The van der Waals surface area contributed by atoms with Gasteiger partial charge in [0.1, 0.15) is 0 Å². The van der Waals surface area contributed by atoms with E-state index in [0.29, 0.717) is 13.2 Å². The normalized spacial score (nSPS) is 15.6. The fourth-order valence-electron chi connectivity index (χ4n) is 1.36. The Labute approximate surface area is 93.7 Å². The van der Waals surface area contributed by atoms with Gasteiger partial charge in [-0.15, -0.1) is 0 Å². The number of ether oxygens (including phenoxy) is 2. The Morgan fingerprint density at radius 1 is 1.40 bits per heavy atom.